The molecule has 1 N–H and O–H groups in total. The van der Waals surface area contributed by atoms with Crippen molar-refractivity contribution in [2.45, 2.75) is 0 Å². The summed E-state index contributed by atoms with van der Waals surface area (Å²) in [6.07, 6.45) is 0.980. The van der Waals surface area contributed by atoms with Crippen molar-refractivity contribution in [2.75, 3.05) is 11.9 Å². The predicted octanol–water partition coefficient (Wildman–Crippen LogP) is 2.63. The van der Waals surface area contributed by atoms with E-state index < -0.39 is 10.8 Å². The minimum absolute atomic E-state index is 0.00425. The van der Waals surface area contributed by atoms with Crippen LogP contribution < -0.4 is 4.90 Å². The highest BCUT2D eigenvalue weighted by molar-refractivity contribution is 6.33. The second kappa shape index (κ2) is 5.76. The average molecular weight is 308 g/mol. The maximum Gasteiger partial charge on any atom is 0.288 e. The number of hydrogen-bond acceptors (Lipinski definition) is 5. The third kappa shape index (κ3) is 3.09. The highest BCUT2D eigenvalue weighted by Gasteiger charge is 2.21. The minimum atomic E-state index is -0.658. The van der Waals surface area contributed by atoms with E-state index >= 15 is 0 Å². The maximum absolute atomic E-state index is 12.3. The molecule has 0 bridgehead atoms. The number of phenols is 1. The Kier molecular flexibility index (Phi) is 4.04. The van der Waals surface area contributed by atoms with Gasteiger partial charge in [-0.05, 0) is 12.1 Å². The van der Waals surface area contributed by atoms with Crippen molar-refractivity contribution in [3.63, 3.8) is 0 Å². The van der Waals surface area contributed by atoms with Crippen LogP contribution in [0.25, 0.3) is 0 Å². The minimum Gasteiger partial charge on any atom is -0.508 e. The SMILES string of the molecule is CN(C(=O)c1cc([N+](=O)[O-])cnc1Cl)c1cccc(O)c1. The van der Waals surface area contributed by atoms with E-state index in [0.717, 1.165) is 12.3 Å². The van der Waals surface area contributed by atoms with Crippen molar-refractivity contribution in [1.82, 2.24) is 4.98 Å². The van der Waals surface area contributed by atoms with Crippen LogP contribution in [0.3, 0.4) is 0 Å². The third-order valence-electron chi connectivity index (χ3n) is 2.79. The van der Waals surface area contributed by atoms with Gasteiger partial charge in [0.25, 0.3) is 11.6 Å². The van der Waals surface area contributed by atoms with Crippen molar-refractivity contribution < 1.29 is 14.8 Å². The van der Waals surface area contributed by atoms with E-state index in [2.05, 4.69) is 4.98 Å². The molecule has 0 saturated carbocycles. The molecular formula is C13H10ClN3O4. The Morgan fingerprint density at radius 1 is 1.43 bits per heavy atom. The monoisotopic (exact) mass is 307 g/mol. The topological polar surface area (TPSA) is 96.6 Å². The van der Waals surface area contributed by atoms with Gasteiger partial charge in [0.2, 0.25) is 0 Å². The van der Waals surface area contributed by atoms with Gasteiger partial charge in [0, 0.05) is 24.9 Å². The predicted molar refractivity (Wildman–Crippen MR) is 76.7 cm³/mol. The first-order valence-corrected chi connectivity index (χ1v) is 6.15. The first kappa shape index (κ1) is 14.7. The van der Waals surface area contributed by atoms with Crippen molar-refractivity contribution in [1.29, 1.82) is 0 Å². The Morgan fingerprint density at radius 3 is 2.76 bits per heavy atom. The summed E-state index contributed by atoms with van der Waals surface area (Å²) in [6.45, 7) is 0. The summed E-state index contributed by atoms with van der Waals surface area (Å²) in [6, 6.07) is 7.09. The van der Waals surface area contributed by atoms with Crippen LogP contribution in [0.1, 0.15) is 10.4 Å². The second-order valence-electron chi connectivity index (χ2n) is 4.17. The van der Waals surface area contributed by atoms with Crippen LogP contribution in [-0.2, 0) is 0 Å². The summed E-state index contributed by atoms with van der Waals surface area (Å²) in [5.74, 6) is -0.572. The molecule has 1 heterocycles. The Morgan fingerprint density at radius 2 is 2.14 bits per heavy atom. The zero-order valence-electron chi connectivity index (χ0n) is 10.9. The van der Waals surface area contributed by atoms with Gasteiger partial charge in [-0.2, -0.15) is 0 Å². The molecule has 2 aromatic rings. The summed E-state index contributed by atoms with van der Waals surface area (Å²) in [4.78, 5) is 27.3. The van der Waals surface area contributed by atoms with Gasteiger partial charge in [0.05, 0.1) is 10.5 Å². The molecule has 0 unspecified atom stereocenters. The van der Waals surface area contributed by atoms with Crippen LogP contribution in [0.5, 0.6) is 5.75 Å². The first-order valence-electron chi connectivity index (χ1n) is 5.77. The Hall–Kier alpha value is -2.67. The quantitative estimate of drug-likeness (QED) is 0.534. The van der Waals surface area contributed by atoms with Gasteiger partial charge in [0.1, 0.15) is 17.1 Å². The van der Waals surface area contributed by atoms with Gasteiger partial charge in [0.15, 0.2) is 0 Å². The fourth-order valence-electron chi connectivity index (χ4n) is 1.69. The number of phenolic OH excluding ortho intramolecular Hbond substituents is 1. The molecular weight excluding hydrogens is 298 g/mol. The molecule has 0 radical (unpaired) electrons. The van der Waals surface area contributed by atoms with E-state index in [1.807, 2.05) is 0 Å². The number of hydrogen-bond donors (Lipinski definition) is 1. The van der Waals surface area contributed by atoms with E-state index in [1.54, 1.807) is 12.1 Å². The smallest absolute Gasteiger partial charge is 0.288 e. The van der Waals surface area contributed by atoms with Crippen LogP contribution in [-0.4, -0.2) is 28.0 Å². The molecule has 1 amide bonds. The van der Waals surface area contributed by atoms with Crippen molar-refractivity contribution >= 4 is 28.9 Å². The molecule has 2 rings (SSSR count). The van der Waals surface area contributed by atoms with Crippen LogP contribution in [0.4, 0.5) is 11.4 Å². The van der Waals surface area contributed by atoms with Crippen LogP contribution >= 0.6 is 11.6 Å². The first-order chi connectivity index (χ1) is 9.90. The lowest BCUT2D eigenvalue weighted by Crippen LogP contribution is -2.26. The van der Waals surface area contributed by atoms with Gasteiger partial charge in [-0.25, -0.2) is 4.98 Å². The Labute approximate surface area is 124 Å². The zero-order chi connectivity index (χ0) is 15.6. The number of nitrogens with zero attached hydrogens (tertiary/aromatic N) is 3. The van der Waals surface area contributed by atoms with Crippen molar-refractivity contribution in [3.8, 4) is 5.75 Å². The van der Waals surface area contributed by atoms with E-state index in [-0.39, 0.29) is 22.2 Å². The average Bonchev–Trinajstić information content (AvgIpc) is 2.46. The van der Waals surface area contributed by atoms with E-state index in [0.29, 0.717) is 5.69 Å². The number of rotatable bonds is 3. The molecule has 0 aliphatic rings. The van der Waals surface area contributed by atoms with Gasteiger partial charge in [-0.1, -0.05) is 17.7 Å². The summed E-state index contributed by atoms with van der Waals surface area (Å²) in [5, 5.41) is 20.0. The van der Waals surface area contributed by atoms with Gasteiger partial charge < -0.3 is 10.0 Å². The highest BCUT2D eigenvalue weighted by atomic mass is 35.5. The fraction of sp³-hybridized carbons (Fsp3) is 0.0769. The van der Waals surface area contributed by atoms with Gasteiger partial charge >= 0.3 is 0 Å². The van der Waals surface area contributed by atoms with E-state index in [1.165, 1.54) is 24.1 Å². The molecule has 0 spiro atoms. The number of amides is 1. The summed E-state index contributed by atoms with van der Waals surface area (Å²) in [7, 11) is 1.46. The Bertz CT molecular complexity index is 720. The molecule has 21 heavy (non-hydrogen) atoms. The lowest BCUT2D eigenvalue weighted by atomic mass is 10.2. The highest BCUT2D eigenvalue weighted by Crippen LogP contribution is 2.24. The summed E-state index contributed by atoms with van der Waals surface area (Å²) >= 11 is 5.83. The van der Waals surface area contributed by atoms with Crippen LogP contribution in [0.15, 0.2) is 36.5 Å². The number of nitro groups is 1. The lowest BCUT2D eigenvalue weighted by Gasteiger charge is -2.17. The zero-order valence-corrected chi connectivity index (χ0v) is 11.6. The number of aromatic hydroxyl groups is 1. The van der Waals surface area contributed by atoms with Gasteiger partial charge in [-0.15, -0.1) is 0 Å². The second-order valence-corrected chi connectivity index (χ2v) is 4.53. The maximum atomic E-state index is 12.3. The molecule has 8 heteroatoms. The molecule has 1 aromatic heterocycles. The summed E-state index contributed by atoms with van der Waals surface area (Å²) < 4.78 is 0. The number of benzene rings is 1. The number of halogens is 1. The number of carbonyl (C=O) groups excluding carboxylic acids is 1. The Balaban J connectivity index is 2.39. The molecule has 0 atom stereocenters. The van der Waals surface area contributed by atoms with Crippen LogP contribution in [0.2, 0.25) is 5.15 Å². The van der Waals surface area contributed by atoms with Crippen molar-refractivity contribution in [2.24, 2.45) is 0 Å². The molecule has 0 saturated heterocycles. The molecule has 0 aliphatic carbocycles. The molecule has 1 aromatic carbocycles. The number of anilines is 1. The number of carbonyl (C=O) groups is 1. The largest absolute Gasteiger partial charge is 0.508 e. The lowest BCUT2D eigenvalue weighted by molar-refractivity contribution is -0.385. The fourth-order valence-corrected chi connectivity index (χ4v) is 1.87. The number of pyridine rings is 1. The van der Waals surface area contributed by atoms with Crippen molar-refractivity contribution in [3.05, 3.63) is 57.4 Å². The normalized spacial score (nSPS) is 10.2. The molecule has 108 valence electrons. The van der Waals surface area contributed by atoms with E-state index in [4.69, 9.17) is 11.6 Å². The van der Waals surface area contributed by atoms with Crippen LogP contribution in [0, 0.1) is 10.1 Å². The van der Waals surface area contributed by atoms with Gasteiger partial charge in [-0.3, -0.25) is 14.9 Å². The molecule has 0 aliphatic heterocycles. The third-order valence-corrected chi connectivity index (χ3v) is 3.09. The molecule has 0 fully saturated rings. The standard InChI is InChI=1S/C13H10ClN3O4/c1-16(8-3-2-4-10(18)5-8)13(19)11-6-9(17(20)21)7-15-12(11)14/h2-7,18H,1H3. The molecule has 7 nitrogen and oxygen atoms in total. The number of aromatic nitrogens is 1. The summed E-state index contributed by atoms with van der Waals surface area (Å²) in [5.41, 5.74) is 0.00587. The van der Waals surface area contributed by atoms with E-state index in [9.17, 15) is 20.0 Å².